The van der Waals surface area contributed by atoms with Crippen LogP contribution < -0.4 is 0 Å². The zero-order valence-corrected chi connectivity index (χ0v) is 24.1. The summed E-state index contributed by atoms with van der Waals surface area (Å²) < 4.78 is 8.90. The molecule has 3 aromatic carbocycles. The molecule has 9 rings (SSSR count). The molecule has 6 heterocycles. The van der Waals surface area contributed by atoms with E-state index < -0.39 is 0 Å². The number of benzene rings is 3. The molecule has 6 heteroatoms. The van der Waals surface area contributed by atoms with Crippen molar-refractivity contribution in [3.8, 4) is 45.0 Å². The molecular formula is C38H22N4OS. The van der Waals surface area contributed by atoms with E-state index in [4.69, 9.17) is 4.42 Å². The van der Waals surface area contributed by atoms with Gasteiger partial charge in [-0.2, -0.15) is 0 Å². The van der Waals surface area contributed by atoms with Gasteiger partial charge in [-0.05, 0) is 107 Å². The van der Waals surface area contributed by atoms with Gasteiger partial charge in [-0.15, -0.1) is 11.3 Å². The van der Waals surface area contributed by atoms with Crippen LogP contribution in [0.25, 0.3) is 87.1 Å². The van der Waals surface area contributed by atoms with Crippen LogP contribution in [0.3, 0.4) is 0 Å². The second-order valence-electron chi connectivity index (χ2n) is 10.8. The van der Waals surface area contributed by atoms with Crippen LogP contribution in [0.5, 0.6) is 0 Å². The van der Waals surface area contributed by atoms with Crippen molar-refractivity contribution >= 4 is 53.4 Å². The van der Waals surface area contributed by atoms with Crippen molar-refractivity contribution in [3.63, 3.8) is 0 Å². The topological polar surface area (TPSA) is 64.7 Å². The van der Waals surface area contributed by atoms with Gasteiger partial charge in [0.25, 0.3) is 0 Å². The second kappa shape index (κ2) is 9.93. The predicted octanol–water partition coefficient (Wildman–Crippen LogP) is 10.2. The van der Waals surface area contributed by atoms with Crippen molar-refractivity contribution in [3.05, 3.63) is 134 Å². The lowest BCUT2D eigenvalue weighted by molar-refractivity contribution is 0.669. The summed E-state index contributed by atoms with van der Waals surface area (Å²) in [6, 6.07) is 37.6. The van der Waals surface area contributed by atoms with Gasteiger partial charge in [0.05, 0.1) is 22.8 Å². The maximum atomic E-state index is 6.41. The van der Waals surface area contributed by atoms with Crippen LogP contribution in [-0.4, -0.2) is 19.9 Å². The average Bonchev–Trinajstić information content (AvgIpc) is 3.64. The Balaban J connectivity index is 1.14. The van der Waals surface area contributed by atoms with Crippen molar-refractivity contribution in [2.75, 3.05) is 0 Å². The zero-order valence-electron chi connectivity index (χ0n) is 23.3. The molecule has 0 saturated heterocycles. The third-order valence-corrected chi connectivity index (χ3v) is 9.24. The van der Waals surface area contributed by atoms with Crippen LogP contribution in [0, 0.1) is 0 Å². The van der Waals surface area contributed by atoms with Gasteiger partial charge >= 0.3 is 0 Å². The Kier molecular flexibility index (Phi) is 5.61. The molecule has 0 atom stereocenters. The molecule has 206 valence electrons. The fourth-order valence-corrected chi connectivity index (χ4v) is 7.04. The molecule has 0 unspecified atom stereocenters. The van der Waals surface area contributed by atoms with E-state index in [2.05, 4.69) is 86.7 Å². The zero-order chi connectivity index (χ0) is 29.0. The molecule has 44 heavy (non-hydrogen) atoms. The molecule has 0 aliphatic rings. The van der Waals surface area contributed by atoms with Gasteiger partial charge in [0.15, 0.2) is 0 Å². The fourth-order valence-electron chi connectivity index (χ4n) is 5.93. The minimum Gasteiger partial charge on any atom is -0.456 e. The molecule has 5 nitrogen and oxygen atoms in total. The molecular weight excluding hydrogens is 561 g/mol. The van der Waals surface area contributed by atoms with E-state index in [1.54, 1.807) is 12.4 Å². The minimum absolute atomic E-state index is 0.853. The number of furan rings is 1. The van der Waals surface area contributed by atoms with Gasteiger partial charge < -0.3 is 4.42 Å². The fraction of sp³-hybridized carbons (Fsp3) is 0. The monoisotopic (exact) mass is 582 g/mol. The molecule has 0 saturated carbocycles. The van der Waals surface area contributed by atoms with E-state index in [-0.39, 0.29) is 0 Å². The van der Waals surface area contributed by atoms with Gasteiger partial charge in [0.1, 0.15) is 11.2 Å². The Labute approximate surface area is 256 Å². The molecule has 0 fully saturated rings. The average molecular weight is 583 g/mol. The first-order chi connectivity index (χ1) is 21.8. The van der Waals surface area contributed by atoms with Crippen molar-refractivity contribution in [2.24, 2.45) is 0 Å². The first-order valence-corrected chi connectivity index (χ1v) is 15.2. The van der Waals surface area contributed by atoms with E-state index in [1.165, 1.54) is 20.2 Å². The maximum Gasteiger partial charge on any atom is 0.136 e. The lowest BCUT2D eigenvalue weighted by Crippen LogP contribution is -1.87. The molecule has 0 radical (unpaired) electrons. The Morgan fingerprint density at radius 1 is 0.386 bits per heavy atom. The Morgan fingerprint density at radius 2 is 0.955 bits per heavy atom. The van der Waals surface area contributed by atoms with Gasteiger partial charge in [-0.1, -0.05) is 24.3 Å². The first-order valence-electron chi connectivity index (χ1n) is 14.4. The van der Waals surface area contributed by atoms with Crippen LogP contribution >= 0.6 is 11.3 Å². The highest BCUT2D eigenvalue weighted by Gasteiger charge is 2.15. The molecule has 0 bridgehead atoms. The molecule has 0 aliphatic carbocycles. The highest BCUT2D eigenvalue weighted by atomic mass is 32.1. The summed E-state index contributed by atoms with van der Waals surface area (Å²) in [6.07, 6.45) is 7.29. The van der Waals surface area contributed by atoms with E-state index in [1.807, 2.05) is 66.2 Å². The number of aromatic nitrogens is 4. The van der Waals surface area contributed by atoms with Crippen molar-refractivity contribution in [2.45, 2.75) is 0 Å². The largest absolute Gasteiger partial charge is 0.456 e. The molecule has 6 aromatic heterocycles. The number of nitrogens with zero attached hydrogens (tertiary/aromatic N) is 4. The number of thiophene rings is 1. The smallest absolute Gasteiger partial charge is 0.136 e. The first kappa shape index (κ1) is 24.8. The number of rotatable bonds is 4. The molecule has 0 spiro atoms. The standard InChI is InChI=1S/C38H22N4OS/c1-3-13-39-31(5-1)33-19-25(11-15-41-33)23-7-9-35-27(17-23)28-22-38-30(21-36(28)43-35)29-18-24(8-10-37(29)44-38)26-12-16-42-34(20-26)32-6-2-4-14-40-32/h1-22H. The SMILES string of the molecule is c1ccc(-c2cc(-c3ccc4oc5cc6c(cc5c4c3)sc3ccc(-c4ccnc(-c5ccccn5)c4)cc36)ccn2)nc1. The Hall–Kier alpha value is -5.72. The Morgan fingerprint density at radius 3 is 1.61 bits per heavy atom. The molecule has 9 aromatic rings. The van der Waals surface area contributed by atoms with E-state index >= 15 is 0 Å². The quantitative estimate of drug-likeness (QED) is 0.207. The van der Waals surface area contributed by atoms with Crippen LogP contribution in [0.15, 0.2) is 138 Å². The van der Waals surface area contributed by atoms with E-state index in [0.717, 1.165) is 67.0 Å². The van der Waals surface area contributed by atoms with Crippen LogP contribution in [0.4, 0.5) is 0 Å². The van der Waals surface area contributed by atoms with Crippen LogP contribution in [0.2, 0.25) is 0 Å². The van der Waals surface area contributed by atoms with E-state index in [0.29, 0.717) is 0 Å². The number of hydrogen-bond donors (Lipinski definition) is 0. The second-order valence-corrected chi connectivity index (χ2v) is 11.8. The normalized spacial score (nSPS) is 11.6. The van der Waals surface area contributed by atoms with Crippen molar-refractivity contribution in [1.29, 1.82) is 0 Å². The summed E-state index contributed by atoms with van der Waals surface area (Å²) in [5, 5.41) is 4.65. The van der Waals surface area contributed by atoms with Crippen molar-refractivity contribution < 1.29 is 4.42 Å². The minimum atomic E-state index is 0.853. The van der Waals surface area contributed by atoms with E-state index in [9.17, 15) is 0 Å². The van der Waals surface area contributed by atoms with Gasteiger partial charge in [0.2, 0.25) is 0 Å². The maximum absolute atomic E-state index is 6.41. The molecule has 0 amide bonds. The van der Waals surface area contributed by atoms with Crippen molar-refractivity contribution in [1.82, 2.24) is 19.9 Å². The summed E-state index contributed by atoms with van der Waals surface area (Å²) in [5.41, 5.74) is 9.67. The third-order valence-electron chi connectivity index (χ3n) is 8.10. The summed E-state index contributed by atoms with van der Waals surface area (Å²) in [6.45, 7) is 0. The van der Waals surface area contributed by atoms with Crippen LogP contribution in [-0.2, 0) is 0 Å². The molecule has 0 N–H and O–H groups in total. The Bertz CT molecular complexity index is 2320. The van der Waals surface area contributed by atoms with Gasteiger partial charge in [-0.3, -0.25) is 19.9 Å². The van der Waals surface area contributed by atoms with Gasteiger partial charge in [-0.25, -0.2) is 0 Å². The summed E-state index contributed by atoms with van der Waals surface area (Å²) in [5.74, 6) is 0. The summed E-state index contributed by atoms with van der Waals surface area (Å²) in [4.78, 5) is 18.1. The number of fused-ring (bicyclic) bond motifs is 6. The number of pyridine rings is 4. The predicted molar refractivity (Wildman–Crippen MR) is 180 cm³/mol. The lowest BCUT2D eigenvalue weighted by Gasteiger charge is -2.05. The van der Waals surface area contributed by atoms with Gasteiger partial charge in [0, 0.05) is 55.7 Å². The summed E-state index contributed by atoms with van der Waals surface area (Å²) >= 11 is 1.81. The van der Waals surface area contributed by atoms with Crippen LogP contribution in [0.1, 0.15) is 0 Å². The lowest BCUT2D eigenvalue weighted by atomic mass is 10.0. The molecule has 0 aliphatic heterocycles. The summed E-state index contributed by atoms with van der Waals surface area (Å²) in [7, 11) is 0. The highest BCUT2D eigenvalue weighted by Crippen LogP contribution is 2.41. The highest BCUT2D eigenvalue weighted by molar-refractivity contribution is 7.25. The third kappa shape index (κ3) is 4.15. The number of hydrogen-bond acceptors (Lipinski definition) is 6.